The van der Waals surface area contributed by atoms with Crippen LogP contribution in [0.4, 0.5) is 0 Å². The van der Waals surface area contributed by atoms with Gasteiger partial charge in [-0.05, 0) is 30.2 Å². The molecule has 14 heavy (non-hydrogen) atoms. The quantitative estimate of drug-likeness (QED) is 0.806. The van der Waals surface area contributed by atoms with E-state index in [4.69, 9.17) is 5.73 Å². The standard InChI is InChI=1S/C11H15NOS/c12-11(8-3-4-8)7-9(13)6-10-2-1-5-14-10/h1-2,5,8,11H,3-4,6-7,12H2. The molecule has 0 radical (unpaired) electrons. The van der Waals surface area contributed by atoms with Crippen LogP contribution < -0.4 is 5.73 Å². The van der Waals surface area contributed by atoms with Crippen molar-refractivity contribution in [3.63, 3.8) is 0 Å². The zero-order valence-electron chi connectivity index (χ0n) is 8.11. The van der Waals surface area contributed by atoms with Crippen molar-refractivity contribution in [1.29, 1.82) is 0 Å². The van der Waals surface area contributed by atoms with Crippen LogP contribution in [0.3, 0.4) is 0 Å². The van der Waals surface area contributed by atoms with E-state index in [1.54, 1.807) is 11.3 Å². The largest absolute Gasteiger partial charge is 0.327 e. The van der Waals surface area contributed by atoms with Gasteiger partial charge in [0.05, 0.1) is 0 Å². The Hall–Kier alpha value is -0.670. The first kappa shape index (κ1) is 9.87. The smallest absolute Gasteiger partial charge is 0.139 e. The summed E-state index contributed by atoms with van der Waals surface area (Å²) in [5.74, 6) is 0.911. The monoisotopic (exact) mass is 209 g/mol. The highest BCUT2D eigenvalue weighted by molar-refractivity contribution is 7.10. The Kier molecular flexibility index (Phi) is 2.99. The third kappa shape index (κ3) is 2.66. The van der Waals surface area contributed by atoms with Gasteiger partial charge >= 0.3 is 0 Å². The Morgan fingerprint density at radius 2 is 2.43 bits per heavy atom. The van der Waals surface area contributed by atoms with Crippen LogP contribution in [-0.4, -0.2) is 11.8 Å². The lowest BCUT2D eigenvalue weighted by Gasteiger charge is -2.07. The molecule has 0 saturated heterocycles. The normalized spacial score (nSPS) is 18.1. The Morgan fingerprint density at radius 1 is 1.64 bits per heavy atom. The number of thiophene rings is 1. The van der Waals surface area contributed by atoms with E-state index in [1.807, 2.05) is 17.5 Å². The zero-order chi connectivity index (χ0) is 9.97. The topological polar surface area (TPSA) is 43.1 Å². The lowest BCUT2D eigenvalue weighted by Crippen LogP contribution is -2.26. The molecule has 1 fully saturated rings. The average molecular weight is 209 g/mol. The zero-order valence-corrected chi connectivity index (χ0v) is 8.93. The molecule has 2 N–H and O–H groups in total. The van der Waals surface area contributed by atoms with E-state index in [2.05, 4.69) is 0 Å². The Labute approximate surface area is 88.1 Å². The fourth-order valence-corrected chi connectivity index (χ4v) is 2.37. The first-order valence-electron chi connectivity index (χ1n) is 5.05. The highest BCUT2D eigenvalue weighted by Crippen LogP contribution is 2.33. The molecule has 1 aliphatic carbocycles. The van der Waals surface area contributed by atoms with Crippen LogP contribution in [0, 0.1) is 5.92 Å². The van der Waals surface area contributed by atoms with Gasteiger partial charge < -0.3 is 5.73 Å². The maximum Gasteiger partial charge on any atom is 0.139 e. The molecule has 2 nitrogen and oxygen atoms in total. The van der Waals surface area contributed by atoms with Gasteiger partial charge in [-0.3, -0.25) is 4.79 Å². The Morgan fingerprint density at radius 3 is 3.00 bits per heavy atom. The minimum absolute atomic E-state index is 0.113. The summed E-state index contributed by atoms with van der Waals surface area (Å²) in [5, 5.41) is 2.00. The molecule has 76 valence electrons. The third-order valence-electron chi connectivity index (χ3n) is 2.64. The molecule has 1 aliphatic rings. The van der Waals surface area contributed by atoms with Gasteiger partial charge in [-0.15, -0.1) is 11.3 Å². The van der Waals surface area contributed by atoms with Crippen LogP contribution >= 0.6 is 11.3 Å². The molecule has 1 atom stereocenters. The lowest BCUT2D eigenvalue weighted by atomic mass is 10.0. The average Bonchev–Trinajstić information content (AvgIpc) is 2.87. The van der Waals surface area contributed by atoms with Crippen LogP contribution in [-0.2, 0) is 11.2 Å². The van der Waals surface area contributed by atoms with E-state index >= 15 is 0 Å². The van der Waals surface area contributed by atoms with Gasteiger partial charge in [-0.2, -0.15) is 0 Å². The third-order valence-corrected chi connectivity index (χ3v) is 3.52. The molecular weight excluding hydrogens is 194 g/mol. The molecule has 1 heterocycles. The summed E-state index contributed by atoms with van der Waals surface area (Å²) in [7, 11) is 0. The molecule has 0 spiro atoms. The molecular formula is C11H15NOS. The molecule has 1 unspecified atom stereocenters. The summed E-state index contributed by atoms with van der Waals surface area (Å²) >= 11 is 1.64. The van der Waals surface area contributed by atoms with Crippen LogP contribution in [0.1, 0.15) is 24.1 Å². The van der Waals surface area contributed by atoms with E-state index in [-0.39, 0.29) is 11.8 Å². The molecule has 1 saturated carbocycles. The summed E-state index contributed by atoms with van der Waals surface area (Å²) < 4.78 is 0. The van der Waals surface area contributed by atoms with Crippen LogP contribution in [0.25, 0.3) is 0 Å². The minimum Gasteiger partial charge on any atom is -0.327 e. The number of nitrogens with two attached hydrogens (primary N) is 1. The highest BCUT2D eigenvalue weighted by atomic mass is 32.1. The molecule has 0 aromatic carbocycles. The van der Waals surface area contributed by atoms with Gasteiger partial charge in [-0.1, -0.05) is 6.07 Å². The van der Waals surface area contributed by atoms with E-state index in [0.29, 0.717) is 18.8 Å². The van der Waals surface area contributed by atoms with Crippen molar-refractivity contribution >= 4 is 17.1 Å². The fourth-order valence-electron chi connectivity index (χ4n) is 1.63. The minimum atomic E-state index is 0.113. The van der Waals surface area contributed by atoms with E-state index in [0.717, 1.165) is 4.88 Å². The summed E-state index contributed by atoms with van der Waals surface area (Å²) in [4.78, 5) is 12.7. The second kappa shape index (κ2) is 4.24. The highest BCUT2D eigenvalue weighted by Gasteiger charge is 2.29. The van der Waals surface area contributed by atoms with Crippen molar-refractivity contribution < 1.29 is 4.79 Å². The fraction of sp³-hybridized carbons (Fsp3) is 0.545. The first-order chi connectivity index (χ1) is 6.75. The first-order valence-corrected chi connectivity index (χ1v) is 5.93. The maximum atomic E-state index is 11.6. The number of carbonyl (C=O) groups excluding carboxylic acids is 1. The van der Waals surface area contributed by atoms with E-state index in [1.165, 1.54) is 12.8 Å². The van der Waals surface area contributed by atoms with Gasteiger partial charge in [-0.25, -0.2) is 0 Å². The predicted octanol–water partition coefficient (Wildman–Crippen LogP) is 1.99. The van der Waals surface area contributed by atoms with Gasteiger partial charge in [0.1, 0.15) is 5.78 Å². The summed E-state index contributed by atoms with van der Waals surface area (Å²) in [6, 6.07) is 4.10. The number of rotatable bonds is 5. The Balaban J connectivity index is 1.78. The number of hydrogen-bond donors (Lipinski definition) is 1. The van der Waals surface area contributed by atoms with Crippen molar-refractivity contribution in [1.82, 2.24) is 0 Å². The van der Waals surface area contributed by atoms with E-state index in [9.17, 15) is 4.79 Å². The van der Waals surface area contributed by atoms with Crippen molar-refractivity contribution in [3.8, 4) is 0 Å². The second-order valence-corrected chi connectivity index (χ2v) is 5.03. The summed E-state index contributed by atoms with van der Waals surface area (Å²) in [5.41, 5.74) is 5.89. The van der Waals surface area contributed by atoms with Crippen molar-refractivity contribution in [2.24, 2.45) is 11.7 Å². The van der Waals surface area contributed by atoms with Gasteiger partial charge in [0, 0.05) is 23.8 Å². The van der Waals surface area contributed by atoms with Crippen molar-refractivity contribution in [3.05, 3.63) is 22.4 Å². The van der Waals surface area contributed by atoms with Crippen LogP contribution in [0.2, 0.25) is 0 Å². The molecule has 0 aliphatic heterocycles. The van der Waals surface area contributed by atoms with Crippen molar-refractivity contribution in [2.45, 2.75) is 31.7 Å². The maximum absolute atomic E-state index is 11.6. The molecule has 2 rings (SSSR count). The Bertz CT molecular complexity index is 303. The molecule has 0 bridgehead atoms. The lowest BCUT2D eigenvalue weighted by molar-refractivity contribution is -0.118. The van der Waals surface area contributed by atoms with Crippen LogP contribution in [0.5, 0.6) is 0 Å². The van der Waals surface area contributed by atoms with Gasteiger partial charge in [0.2, 0.25) is 0 Å². The molecule has 3 heteroatoms. The molecule has 0 amide bonds. The predicted molar refractivity (Wildman–Crippen MR) is 58.3 cm³/mol. The number of hydrogen-bond acceptors (Lipinski definition) is 3. The molecule has 1 aromatic rings. The van der Waals surface area contributed by atoms with Crippen molar-refractivity contribution in [2.75, 3.05) is 0 Å². The van der Waals surface area contributed by atoms with Gasteiger partial charge in [0.15, 0.2) is 0 Å². The number of carbonyl (C=O) groups is 1. The van der Waals surface area contributed by atoms with Crippen LogP contribution in [0.15, 0.2) is 17.5 Å². The number of Topliss-reactive ketones (excluding diaryl/α,β-unsaturated/α-hetero) is 1. The molecule has 1 aromatic heterocycles. The second-order valence-electron chi connectivity index (χ2n) is 4.00. The van der Waals surface area contributed by atoms with E-state index < -0.39 is 0 Å². The summed E-state index contributed by atoms with van der Waals surface area (Å²) in [6.07, 6.45) is 3.56. The number of ketones is 1. The summed E-state index contributed by atoms with van der Waals surface area (Å²) in [6.45, 7) is 0. The SMILES string of the molecule is NC(CC(=O)Cc1cccs1)C1CC1. The van der Waals surface area contributed by atoms with Gasteiger partial charge in [0.25, 0.3) is 0 Å².